The topological polar surface area (TPSA) is 51.0 Å². The maximum Gasteiger partial charge on any atom is 0.274 e. The summed E-state index contributed by atoms with van der Waals surface area (Å²) >= 11 is 0. The molecule has 1 aliphatic rings. The quantitative estimate of drug-likeness (QED) is 0.728. The molecule has 26 heavy (non-hydrogen) atoms. The van der Waals surface area contributed by atoms with E-state index in [1.165, 1.54) is 10.9 Å². The summed E-state index contributed by atoms with van der Waals surface area (Å²) in [5.74, 6) is 0.651. The van der Waals surface area contributed by atoms with Crippen molar-refractivity contribution in [2.45, 2.75) is 25.7 Å². The number of pyridine rings is 1. The largest absolute Gasteiger partial charge is 0.340 e. The maximum absolute atomic E-state index is 12.6. The third kappa shape index (κ3) is 3.62. The number of aromatic nitrogens is 3. The molecular formula is C21H24N4O. The first kappa shape index (κ1) is 16.8. The molecule has 1 amide bonds. The Morgan fingerprint density at radius 3 is 2.92 bits per heavy atom. The minimum atomic E-state index is 0.0543. The number of fused-ring (bicyclic) bond motifs is 1. The summed E-state index contributed by atoms with van der Waals surface area (Å²) in [5, 5.41) is 1.20. The lowest BCUT2D eigenvalue weighted by Gasteiger charge is -2.19. The number of aryl methyl sites for hydroxylation is 1. The van der Waals surface area contributed by atoms with Gasteiger partial charge in [-0.05, 0) is 49.3 Å². The second-order valence-electron chi connectivity index (χ2n) is 7.25. The van der Waals surface area contributed by atoms with E-state index in [4.69, 9.17) is 0 Å². The van der Waals surface area contributed by atoms with Gasteiger partial charge in [-0.2, -0.15) is 0 Å². The van der Waals surface area contributed by atoms with Crippen LogP contribution in [0.1, 0.15) is 35.3 Å². The Morgan fingerprint density at radius 1 is 1.19 bits per heavy atom. The van der Waals surface area contributed by atoms with Crippen molar-refractivity contribution in [2.75, 3.05) is 13.1 Å². The van der Waals surface area contributed by atoms with Crippen molar-refractivity contribution in [3.8, 4) is 0 Å². The Hall–Kier alpha value is -2.69. The molecule has 5 heteroatoms. The molecular weight excluding hydrogens is 324 g/mol. The van der Waals surface area contributed by atoms with E-state index in [2.05, 4.69) is 28.2 Å². The summed E-state index contributed by atoms with van der Waals surface area (Å²) in [5.41, 5.74) is 2.88. The number of likely N-dealkylation sites (tertiary alicyclic amines) is 1. The summed E-state index contributed by atoms with van der Waals surface area (Å²) in [6.45, 7) is 1.63. The SMILES string of the molecule is Cn1cnc(C(=O)N2CCC[C@@H](Cc3cnc4ccccc4c3)CC2)c1. The number of nitrogens with zero attached hydrogens (tertiary/aromatic N) is 4. The van der Waals surface area contributed by atoms with Crippen molar-refractivity contribution >= 4 is 16.8 Å². The van der Waals surface area contributed by atoms with Crippen molar-refractivity contribution in [3.63, 3.8) is 0 Å². The molecule has 0 bridgehead atoms. The van der Waals surface area contributed by atoms with Crippen LogP contribution in [0, 0.1) is 5.92 Å². The highest BCUT2D eigenvalue weighted by Gasteiger charge is 2.23. The van der Waals surface area contributed by atoms with Gasteiger partial charge >= 0.3 is 0 Å². The van der Waals surface area contributed by atoms with Crippen LogP contribution < -0.4 is 0 Å². The molecule has 134 valence electrons. The summed E-state index contributed by atoms with van der Waals surface area (Å²) in [6.07, 6.45) is 9.74. The Balaban J connectivity index is 1.40. The maximum atomic E-state index is 12.6. The fourth-order valence-corrected chi connectivity index (χ4v) is 3.82. The van der Waals surface area contributed by atoms with Gasteiger partial charge in [0.25, 0.3) is 5.91 Å². The highest BCUT2D eigenvalue weighted by molar-refractivity contribution is 5.92. The highest BCUT2D eigenvalue weighted by atomic mass is 16.2. The molecule has 1 aliphatic heterocycles. The summed E-state index contributed by atoms with van der Waals surface area (Å²) in [6, 6.07) is 10.5. The molecule has 2 aromatic heterocycles. The number of imidazole rings is 1. The summed E-state index contributed by atoms with van der Waals surface area (Å²) < 4.78 is 1.82. The molecule has 5 nitrogen and oxygen atoms in total. The average Bonchev–Trinajstić information content (AvgIpc) is 2.96. The van der Waals surface area contributed by atoms with Crippen molar-refractivity contribution in [1.82, 2.24) is 19.4 Å². The van der Waals surface area contributed by atoms with Gasteiger partial charge in [0, 0.05) is 37.9 Å². The van der Waals surface area contributed by atoms with Crippen LogP contribution in [0.15, 0.2) is 49.1 Å². The number of rotatable bonds is 3. The van der Waals surface area contributed by atoms with Gasteiger partial charge < -0.3 is 9.47 Å². The van der Waals surface area contributed by atoms with Gasteiger partial charge in [-0.15, -0.1) is 0 Å². The molecule has 0 radical (unpaired) electrons. The Labute approximate surface area is 153 Å². The predicted molar refractivity (Wildman–Crippen MR) is 102 cm³/mol. The number of hydrogen-bond acceptors (Lipinski definition) is 3. The number of hydrogen-bond donors (Lipinski definition) is 0. The first-order valence-electron chi connectivity index (χ1n) is 9.30. The molecule has 1 fully saturated rings. The molecule has 0 spiro atoms. The smallest absolute Gasteiger partial charge is 0.274 e. The zero-order chi connectivity index (χ0) is 17.9. The van der Waals surface area contributed by atoms with Crippen molar-refractivity contribution in [3.05, 3.63) is 60.3 Å². The lowest BCUT2D eigenvalue weighted by Crippen LogP contribution is -2.32. The zero-order valence-electron chi connectivity index (χ0n) is 15.1. The van der Waals surface area contributed by atoms with E-state index < -0.39 is 0 Å². The van der Waals surface area contributed by atoms with Crippen molar-refractivity contribution < 1.29 is 4.79 Å². The average molecular weight is 348 g/mol. The number of carbonyl (C=O) groups excluding carboxylic acids is 1. The van der Waals surface area contributed by atoms with E-state index in [1.807, 2.05) is 34.8 Å². The van der Waals surface area contributed by atoms with Gasteiger partial charge in [-0.1, -0.05) is 18.2 Å². The van der Waals surface area contributed by atoms with E-state index in [0.29, 0.717) is 11.6 Å². The molecule has 0 saturated carbocycles. The predicted octanol–water partition coefficient (Wildman–Crippen LogP) is 3.45. The monoisotopic (exact) mass is 348 g/mol. The summed E-state index contributed by atoms with van der Waals surface area (Å²) in [7, 11) is 1.89. The van der Waals surface area contributed by atoms with Gasteiger partial charge in [0.1, 0.15) is 5.69 Å². The lowest BCUT2D eigenvalue weighted by molar-refractivity contribution is 0.0754. The summed E-state index contributed by atoms with van der Waals surface area (Å²) in [4.78, 5) is 23.4. The normalized spacial score (nSPS) is 18.0. The van der Waals surface area contributed by atoms with Crippen LogP contribution in [0.2, 0.25) is 0 Å². The van der Waals surface area contributed by atoms with Gasteiger partial charge in [0.05, 0.1) is 11.8 Å². The number of amides is 1. The van der Waals surface area contributed by atoms with Gasteiger partial charge in [0.15, 0.2) is 0 Å². The third-order valence-electron chi connectivity index (χ3n) is 5.23. The van der Waals surface area contributed by atoms with E-state index in [0.717, 1.165) is 44.3 Å². The van der Waals surface area contributed by atoms with Crippen LogP contribution in [0.25, 0.3) is 10.9 Å². The van der Waals surface area contributed by atoms with Gasteiger partial charge in [-0.3, -0.25) is 9.78 Å². The van der Waals surface area contributed by atoms with Crippen LogP contribution >= 0.6 is 0 Å². The molecule has 1 aromatic carbocycles. The lowest BCUT2D eigenvalue weighted by atomic mass is 9.93. The van der Waals surface area contributed by atoms with Crippen LogP contribution in [0.5, 0.6) is 0 Å². The highest BCUT2D eigenvalue weighted by Crippen LogP contribution is 2.24. The molecule has 0 aliphatic carbocycles. The first-order chi connectivity index (χ1) is 12.7. The standard InChI is InChI=1S/C21H24N4O/c1-24-14-20(23-15-24)21(26)25-9-4-5-16(8-10-25)11-17-12-18-6-2-3-7-19(18)22-13-17/h2-3,6-7,12-16H,4-5,8-11H2,1H3/t16-/m1/s1. The van der Waals surface area contributed by atoms with E-state index >= 15 is 0 Å². The fraction of sp³-hybridized carbons (Fsp3) is 0.381. The number of benzene rings is 1. The minimum absolute atomic E-state index is 0.0543. The number of para-hydroxylation sites is 1. The third-order valence-corrected chi connectivity index (χ3v) is 5.23. The van der Waals surface area contributed by atoms with Crippen LogP contribution in [-0.4, -0.2) is 38.4 Å². The minimum Gasteiger partial charge on any atom is -0.340 e. The second-order valence-corrected chi connectivity index (χ2v) is 7.25. The molecule has 3 heterocycles. The molecule has 1 atom stereocenters. The number of carbonyl (C=O) groups is 1. The van der Waals surface area contributed by atoms with E-state index in [9.17, 15) is 4.79 Å². The van der Waals surface area contributed by atoms with Crippen LogP contribution in [0.4, 0.5) is 0 Å². The molecule has 3 aromatic rings. The first-order valence-corrected chi connectivity index (χ1v) is 9.30. The van der Waals surface area contributed by atoms with Crippen LogP contribution in [-0.2, 0) is 13.5 Å². The Kier molecular flexibility index (Phi) is 4.69. The van der Waals surface area contributed by atoms with Crippen molar-refractivity contribution in [1.29, 1.82) is 0 Å². The molecule has 0 unspecified atom stereocenters. The Bertz CT molecular complexity index is 917. The van der Waals surface area contributed by atoms with Crippen molar-refractivity contribution in [2.24, 2.45) is 13.0 Å². The van der Waals surface area contributed by atoms with E-state index in [-0.39, 0.29) is 5.91 Å². The van der Waals surface area contributed by atoms with Gasteiger partial charge in [0.2, 0.25) is 0 Å². The molecule has 0 N–H and O–H groups in total. The van der Waals surface area contributed by atoms with E-state index in [1.54, 1.807) is 12.5 Å². The Morgan fingerprint density at radius 2 is 2.08 bits per heavy atom. The molecule has 4 rings (SSSR count). The second kappa shape index (κ2) is 7.28. The van der Waals surface area contributed by atoms with Gasteiger partial charge in [-0.25, -0.2) is 4.98 Å². The van der Waals surface area contributed by atoms with Crippen LogP contribution in [0.3, 0.4) is 0 Å². The molecule has 1 saturated heterocycles. The zero-order valence-corrected chi connectivity index (χ0v) is 15.1. The fourth-order valence-electron chi connectivity index (χ4n) is 3.82.